The molecule has 0 radical (unpaired) electrons. The van der Waals surface area contributed by atoms with Gasteiger partial charge >= 0.3 is 0 Å². The van der Waals surface area contributed by atoms with Crippen LogP contribution in [0.4, 0.5) is 0 Å². The second kappa shape index (κ2) is 15.6. The number of hydrogen-bond donors (Lipinski definition) is 2. The Hall–Kier alpha value is -5.90. The number of benzene rings is 3. The van der Waals surface area contributed by atoms with Crippen molar-refractivity contribution < 1.29 is 14.7 Å². The van der Waals surface area contributed by atoms with E-state index in [1.54, 1.807) is 65.3 Å². The number of likely N-dealkylation sites (tertiary alicyclic amines) is 1. The van der Waals surface area contributed by atoms with Gasteiger partial charge in [-0.15, -0.1) is 0 Å². The minimum absolute atomic E-state index is 0.00597. The Labute approximate surface area is 316 Å². The van der Waals surface area contributed by atoms with E-state index in [-0.39, 0.29) is 48.2 Å². The van der Waals surface area contributed by atoms with Gasteiger partial charge in [0, 0.05) is 55.3 Å². The van der Waals surface area contributed by atoms with E-state index < -0.39 is 5.60 Å². The quantitative estimate of drug-likeness (QED) is 0.170. The van der Waals surface area contributed by atoms with Gasteiger partial charge in [-0.25, -0.2) is 4.98 Å². The number of carbonyl (C=O) groups is 2. The maximum absolute atomic E-state index is 14.0. The largest absolute Gasteiger partial charge is 0.388 e. The van der Waals surface area contributed by atoms with E-state index in [0.29, 0.717) is 71.8 Å². The van der Waals surface area contributed by atoms with Gasteiger partial charge in [0.25, 0.3) is 11.5 Å². The molecule has 3 aromatic heterocycles. The number of carbonyl (C=O) groups excluding carboxylic acids is 2. The number of pyridine rings is 1. The smallest absolute Gasteiger partial charge is 0.281 e. The van der Waals surface area contributed by atoms with E-state index in [4.69, 9.17) is 11.6 Å². The van der Waals surface area contributed by atoms with E-state index in [0.717, 1.165) is 16.5 Å². The molecule has 1 saturated heterocycles. The zero-order valence-corrected chi connectivity index (χ0v) is 30.5. The molecule has 1 unspecified atom stereocenters. The number of aryl methyl sites for hydroxylation is 1. The summed E-state index contributed by atoms with van der Waals surface area (Å²) in [6, 6.07) is 26.0. The van der Waals surface area contributed by atoms with Gasteiger partial charge in [-0.2, -0.15) is 10.4 Å². The van der Waals surface area contributed by atoms with E-state index in [9.17, 15) is 24.8 Å². The van der Waals surface area contributed by atoms with Gasteiger partial charge in [0.1, 0.15) is 5.52 Å². The minimum Gasteiger partial charge on any atom is -0.388 e. The fraction of sp³-hybridized carbons (Fsp3) is 0.293. The maximum atomic E-state index is 14.0. The van der Waals surface area contributed by atoms with Crippen LogP contribution in [0, 0.1) is 17.2 Å². The van der Waals surface area contributed by atoms with Crippen LogP contribution in [-0.4, -0.2) is 71.4 Å². The van der Waals surface area contributed by atoms with Crippen LogP contribution in [0.2, 0.25) is 5.02 Å². The lowest BCUT2D eigenvalue weighted by Gasteiger charge is -2.39. The lowest BCUT2D eigenvalue weighted by Crippen LogP contribution is -2.51. The normalized spacial score (nSPS) is 14.5. The molecule has 0 saturated carbocycles. The van der Waals surface area contributed by atoms with Gasteiger partial charge in [-0.3, -0.25) is 28.6 Å². The highest BCUT2D eigenvalue weighted by atomic mass is 35.5. The number of halogens is 1. The molecule has 2 N–H and O–H groups in total. The first-order chi connectivity index (χ1) is 26.1. The molecule has 4 heterocycles. The third-order valence-electron chi connectivity index (χ3n) is 10.2. The molecular weight excluding hydrogens is 704 g/mol. The summed E-state index contributed by atoms with van der Waals surface area (Å²) in [7, 11) is 1.72. The van der Waals surface area contributed by atoms with Crippen molar-refractivity contribution >= 4 is 45.4 Å². The Morgan fingerprint density at radius 3 is 2.59 bits per heavy atom. The van der Waals surface area contributed by atoms with Crippen LogP contribution in [0.25, 0.3) is 33.2 Å². The summed E-state index contributed by atoms with van der Waals surface area (Å²) < 4.78 is 2.97. The van der Waals surface area contributed by atoms with Gasteiger partial charge < -0.3 is 15.3 Å². The number of nitrogens with zero attached hydrogens (tertiary/aromatic N) is 7. The second-order valence-electron chi connectivity index (χ2n) is 13.9. The Morgan fingerprint density at radius 1 is 1.02 bits per heavy atom. The van der Waals surface area contributed by atoms with Gasteiger partial charge in [-0.1, -0.05) is 60.1 Å². The van der Waals surface area contributed by atoms with Crippen molar-refractivity contribution in [2.24, 2.45) is 13.0 Å². The van der Waals surface area contributed by atoms with Crippen LogP contribution in [0.3, 0.4) is 0 Å². The lowest BCUT2D eigenvalue weighted by molar-refractivity contribution is -0.140. The third kappa shape index (κ3) is 7.74. The Kier molecular flexibility index (Phi) is 10.5. The molecule has 54 heavy (non-hydrogen) atoms. The fourth-order valence-electron chi connectivity index (χ4n) is 7.26. The van der Waals surface area contributed by atoms with E-state index >= 15 is 0 Å². The highest BCUT2D eigenvalue weighted by molar-refractivity contribution is 6.35. The Morgan fingerprint density at radius 2 is 1.81 bits per heavy atom. The first kappa shape index (κ1) is 36.5. The van der Waals surface area contributed by atoms with Crippen molar-refractivity contribution in [3.05, 3.63) is 123 Å². The standard InChI is InChI=1S/C41H39ClN8O4/c1-48-37(29-10-5-9-28(22-29)24-43)35-36(47-48)40(53)50(26-46-35)25-41(54)15-19-49(20-16-41)39(52)31(21-27-7-3-2-4-8-27)11-6-17-45-38(51)30-12-13-32-33(42)14-18-44-34(32)23-30/h2-5,7-10,12-14,18,22-23,26,31,54H,6,11,15-17,19-21,25H2,1H3,(H,45,51). The first-order valence-electron chi connectivity index (χ1n) is 17.9. The van der Waals surface area contributed by atoms with Crippen molar-refractivity contribution in [2.45, 2.75) is 44.2 Å². The van der Waals surface area contributed by atoms with Gasteiger partial charge in [0.2, 0.25) is 5.91 Å². The van der Waals surface area contributed by atoms with Crippen molar-refractivity contribution in [3.8, 4) is 17.3 Å². The number of aromatic nitrogens is 5. The van der Waals surface area contributed by atoms with Crippen LogP contribution in [-0.2, 0) is 24.8 Å². The molecule has 0 aliphatic carbocycles. The monoisotopic (exact) mass is 742 g/mol. The highest BCUT2D eigenvalue weighted by Crippen LogP contribution is 2.29. The minimum atomic E-state index is -1.22. The fourth-order valence-corrected chi connectivity index (χ4v) is 7.48. The molecule has 1 aliphatic heterocycles. The van der Waals surface area contributed by atoms with Crippen molar-refractivity contribution in [1.29, 1.82) is 5.26 Å². The summed E-state index contributed by atoms with van der Waals surface area (Å²) >= 11 is 6.25. The average Bonchev–Trinajstić information content (AvgIpc) is 3.53. The second-order valence-corrected chi connectivity index (χ2v) is 14.3. The summed E-state index contributed by atoms with van der Waals surface area (Å²) in [5.41, 5.74) is 3.00. The van der Waals surface area contributed by atoms with Gasteiger partial charge in [-0.05, 0) is 68.0 Å². The molecule has 3 aromatic carbocycles. The topological polar surface area (TPSA) is 159 Å². The van der Waals surface area contributed by atoms with Gasteiger partial charge in [0.05, 0.1) is 46.3 Å². The number of aliphatic hydroxyl groups is 1. The molecule has 1 aliphatic rings. The zero-order valence-electron chi connectivity index (χ0n) is 29.8. The molecular formula is C41H39ClN8O4. The third-order valence-corrected chi connectivity index (χ3v) is 10.5. The van der Waals surface area contributed by atoms with E-state index in [2.05, 4.69) is 26.5 Å². The molecule has 7 rings (SSSR count). The molecule has 1 fully saturated rings. The lowest BCUT2D eigenvalue weighted by atomic mass is 9.88. The van der Waals surface area contributed by atoms with Crippen LogP contribution in [0.1, 0.15) is 47.2 Å². The van der Waals surface area contributed by atoms with E-state index in [1.807, 2.05) is 36.4 Å². The summed E-state index contributed by atoms with van der Waals surface area (Å²) in [6.45, 7) is 1.09. The number of nitrogens with one attached hydrogen (secondary N) is 1. The van der Waals surface area contributed by atoms with Crippen LogP contribution in [0.15, 0.2) is 96.2 Å². The molecule has 0 spiro atoms. The van der Waals surface area contributed by atoms with Crippen LogP contribution in [0.5, 0.6) is 0 Å². The average molecular weight is 743 g/mol. The number of fused-ring (bicyclic) bond motifs is 2. The van der Waals surface area contributed by atoms with Crippen LogP contribution >= 0.6 is 11.6 Å². The number of amides is 2. The highest BCUT2D eigenvalue weighted by Gasteiger charge is 2.36. The molecule has 0 bridgehead atoms. The number of rotatable bonds is 11. The SMILES string of the molecule is Cn1nc2c(=O)n(CC3(O)CCN(C(=O)C(CCCNC(=O)c4ccc5c(Cl)ccnc5c4)Cc4ccccc4)CC3)cnc2c1-c1cccc(C#N)c1. The molecule has 12 nitrogen and oxygen atoms in total. The Bertz CT molecular complexity index is 2450. The van der Waals surface area contributed by atoms with Gasteiger partial charge in [0.15, 0.2) is 5.52 Å². The van der Waals surface area contributed by atoms with Crippen molar-refractivity contribution in [1.82, 2.24) is 34.5 Å². The summed E-state index contributed by atoms with van der Waals surface area (Å²) in [6.07, 6.45) is 5.34. The summed E-state index contributed by atoms with van der Waals surface area (Å²) in [5.74, 6) is -0.530. The molecule has 1 atom stereocenters. The first-order valence-corrected chi connectivity index (χ1v) is 18.3. The molecule has 274 valence electrons. The summed E-state index contributed by atoms with van der Waals surface area (Å²) in [5, 5.41) is 29.8. The maximum Gasteiger partial charge on any atom is 0.281 e. The van der Waals surface area contributed by atoms with E-state index in [1.165, 1.54) is 10.9 Å². The number of nitriles is 1. The van der Waals surface area contributed by atoms with Crippen molar-refractivity contribution in [3.63, 3.8) is 0 Å². The molecule has 2 amide bonds. The predicted octanol–water partition coefficient (Wildman–Crippen LogP) is 5.29. The number of piperidine rings is 1. The summed E-state index contributed by atoms with van der Waals surface area (Å²) in [4.78, 5) is 51.2. The Balaban J connectivity index is 0.987. The number of hydrogen-bond acceptors (Lipinski definition) is 8. The zero-order chi connectivity index (χ0) is 37.8. The molecule has 13 heteroatoms. The van der Waals surface area contributed by atoms with Crippen LogP contribution < -0.4 is 10.9 Å². The predicted molar refractivity (Wildman–Crippen MR) is 206 cm³/mol. The van der Waals surface area contributed by atoms with Crippen molar-refractivity contribution in [2.75, 3.05) is 19.6 Å². The molecule has 6 aromatic rings.